The van der Waals surface area contributed by atoms with Crippen LogP contribution < -0.4 is 15.2 Å². The maximum Gasteiger partial charge on any atom is 0.250 e. The summed E-state index contributed by atoms with van der Waals surface area (Å²) in [5.74, 6) is 0.307. The molecule has 1 amide bonds. The number of primary amides is 1. The Balaban J connectivity index is 2.18. The fourth-order valence-corrected chi connectivity index (χ4v) is 3.00. The highest BCUT2D eigenvalue weighted by molar-refractivity contribution is 6.34. The molecular formula is C20H16Cl2N2O3. The number of nitrogens with two attached hydrogens (primary N) is 1. The van der Waals surface area contributed by atoms with Crippen LogP contribution in [0.4, 0.5) is 0 Å². The number of para-hydroxylation sites is 1. The van der Waals surface area contributed by atoms with Crippen LogP contribution in [0.2, 0.25) is 10.0 Å². The van der Waals surface area contributed by atoms with E-state index in [1.54, 1.807) is 49.7 Å². The standard InChI is InChI=1S/C20H16Cl2N2O3/c1-26-16-7-3-2-5-13(16)19(18-14(20(23)25)6-4-10-24-18)27-17-11-12(21)8-9-15(17)22/h2-11,19H,1H3,(H2,23,25). The van der Waals surface area contributed by atoms with Gasteiger partial charge in [0.1, 0.15) is 11.5 Å². The Labute approximate surface area is 166 Å². The Hall–Kier alpha value is -2.76. The number of pyridine rings is 1. The molecule has 1 atom stereocenters. The highest BCUT2D eigenvalue weighted by Crippen LogP contribution is 2.37. The molecule has 0 saturated heterocycles. The molecule has 0 spiro atoms. The van der Waals surface area contributed by atoms with E-state index in [0.717, 1.165) is 0 Å². The second-order valence-corrected chi connectivity index (χ2v) is 6.46. The fourth-order valence-electron chi connectivity index (χ4n) is 2.68. The molecule has 1 unspecified atom stereocenters. The lowest BCUT2D eigenvalue weighted by Gasteiger charge is -2.23. The zero-order valence-electron chi connectivity index (χ0n) is 14.4. The molecule has 0 aliphatic rings. The molecule has 5 nitrogen and oxygen atoms in total. The van der Waals surface area contributed by atoms with Gasteiger partial charge < -0.3 is 15.2 Å². The van der Waals surface area contributed by atoms with Crippen LogP contribution in [0.25, 0.3) is 0 Å². The highest BCUT2D eigenvalue weighted by atomic mass is 35.5. The largest absolute Gasteiger partial charge is 0.496 e. The summed E-state index contributed by atoms with van der Waals surface area (Å²) in [5.41, 5.74) is 6.79. The summed E-state index contributed by atoms with van der Waals surface area (Å²) in [6.07, 6.45) is 0.772. The van der Waals surface area contributed by atoms with Gasteiger partial charge in [-0.2, -0.15) is 0 Å². The molecule has 0 fully saturated rings. The number of hydrogen-bond acceptors (Lipinski definition) is 4. The molecule has 7 heteroatoms. The van der Waals surface area contributed by atoms with Gasteiger partial charge in [0.05, 0.1) is 23.4 Å². The minimum absolute atomic E-state index is 0.242. The van der Waals surface area contributed by atoms with E-state index in [1.807, 2.05) is 18.2 Å². The third-order valence-corrected chi connectivity index (χ3v) is 4.46. The molecule has 1 heterocycles. The average Bonchev–Trinajstić information content (AvgIpc) is 2.68. The molecule has 3 rings (SSSR count). The zero-order valence-corrected chi connectivity index (χ0v) is 15.9. The van der Waals surface area contributed by atoms with Crippen LogP contribution in [0.15, 0.2) is 60.8 Å². The second-order valence-electron chi connectivity index (χ2n) is 5.62. The quantitative estimate of drug-likeness (QED) is 0.650. The van der Waals surface area contributed by atoms with Crippen molar-refractivity contribution in [3.8, 4) is 11.5 Å². The molecule has 0 radical (unpaired) electrons. The SMILES string of the molecule is COc1ccccc1C(Oc1cc(Cl)ccc1Cl)c1ncccc1C(N)=O. The topological polar surface area (TPSA) is 74.4 Å². The van der Waals surface area contributed by atoms with E-state index >= 15 is 0 Å². The van der Waals surface area contributed by atoms with E-state index in [0.29, 0.717) is 32.8 Å². The smallest absolute Gasteiger partial charge is 0.250 e. The van der Waals surface area contributed by atoms with E-state index in [-0.39, 0.29) is 5.56 Å². The number of ether oxygens (including phenoxy) is 2. The van der Waals surface area contributed by atoms with Crippen LogP contribution in [0.5, 0.6) is 11.5 Å². The van der Waals surface area contributed by atoms with Crippen LogP contribution in [-0.4, -0.2) is 18.0 Å². The summed E-state index contributed by atoms with van der Waals surface area (Å²) in [4.78, 5) is 16.3. The Kier molecular flexibility index (Phi) is 5.84. The number of nitrogens with zero attached hydrogens (tertiary/aromatic N) is 1. The van der Waals surface area contributed by atoms with Crippen LogP contribution in [-0.2, 0) is 0 Å². The predicted octanol–water partition coefficient (Wildman–Crippen LogP) is 4.66. The van der Waals surface area contributed by atoms with Gasteiger partial charge in [0.2, 0.25) is 0 Å². The van der Waals surface area contributed by atoms with Crippen molar-refractivity contribution in [1.82, 2.24) is 4.98 Å². The summed E-state index contributed by atoms with van der Waals surface area (Å²) in [6, 6.07) is 15.4. The maximum absolute atomic E-state index is 11.9. The molecule has 2 N–H and O–H groups in total. The van der Waals surface area contributed by atoms with Crippen molar-refractivity contribution in [1.29, 1.82) is 0 Å². The summed E-state index contributed by atoms with van der Waals surface area (Å²) in [6.45, 7) is 0. The first-order valence-corrected chi connectivity index (χ1v) is 8.76. The van der Waals surface area contributed by atoms with E-state index in [4.69, 9.17) is 38.4 Å². The Morgan fingerprint density at radius 3 is 2.59 bits per heavy atom. The first-order valence-electron chi connectivity index (χ1n) is 8.00. The first kappa shape index (κ1) is 19.0. The number of carbonyl (C=O) groups is 1. The van der Waals surface area contributed by atoms with Gasteiger partial charge in [0.15, 0.2) is 6.10 Å². The number of rotatable bonds is 6. The van der Waals surface area contributed by atoms with Crippen molar-refractivity contribution in [3.63, 3.8) is 0 Å². The van der Waals surface area contributed by atoms with Crippen LogP contribution in [0.3, 0.4) is 0 Å². The number of methoxy groups -OCH3 is 1. The van der Waals surface area contributed by atoms with Gasteiger partial charge >= 0.3 is 0 Å². The van der Waals surface area contributed by atoms with Crippen molar-refractivity contribution >= 4 is 29.1 Å². The molecule has 138 valence electrons. The number of benzene rings is 2. The lowest BCUT2D eigenvalue weighted by molar-refractivity contribution is 0.0995. The summed E-state index contributed by atoms with van der Waals surface area (Å²) in [5, 5.41) is 0.833. The van der Waals surface area contributed by atoms with Gasteiger partial charge in [-0.25, -0.2) is 0 Å². The monoisotopic (exact) mass is 402 g/mol. The molecule has 0 saturated carbocycles. The minimum atomic E-state index is -0.791. The second kappa shape index (κ2) is 8.29. The molecule has 0 bridgehead atoms. The molecule has 27 heavy (non-hydrogen) atoms. The highest BCUT2D eigenvalue weighted by Gasteiger charge is 2.26. The third kappa shape index (κ3) is 4.15. The van der Waals surface area contributed by atoms with Crippen molar-refractivity contribution in [3.05, 3.63) is 87.7 Å². The van der Waals surface area contributed by atoms with Gasteiger partial charge in [0.25, 0.3) is 5.91 Å². The molecule has 2 aromatic carbocycles. The third-order valence-electron chi connectivity index (χ3n) is 3.91. The molecule has 1 aromatic heterocycles. The number of halogens is 2. The zero-order chi connectivity index (χ0) is 19.4. The van der Waals surface area contributed by atoms with Gasteiger partial charge in [-0.3, -0.25) is 9.78 Å². The molecular weight excluding hydrogens is 387 g/mol. The van der Waals surface area contributed by atoms with Crippen molar-refractivity contribution in [2.24, 2.45) is 5.73 Å². The Morgan fingerprint density at radius 2 is 1.85 bits per heavy atom. The van der Waals surface area contributed by atoms with E-state index in [9.17, 15) is 4.79 Å². The molecule has 3 aromatic rings. The molecule has 0 aliphatic carbocycles. The summed E-state index contributed by atoms with van der Waals surface area (Å²) >= 11 is 12.3. The maximum atomic E-state index is 11.9. The number of hydrogen-bond donors (Lipinski definition) is 1. The van der Waals surface area contributed by atoms with Gasteiger partial charge in [0, 0.05) is 22.8 Å². The van der Waals surface area contributed by atoms with E-state index in [2.05, 4.69) is 4.98 Å². The number of aromatic nitrogens is 1. The van der Waals surface area contributed by atoms with Gasteiger partial charge in [-0.15, -0.1) is 0 Å². The summed E-state index contributed by atoms with van der Waals surface area (Å²) in [7, 11) is 1.55. The summed E-state index contributed by atoms with van der Waals surface area (Å²) < 4.78 is 11.6. The number of amides is 1. The Morgan fingerprint density at radius 1 is 1.07 bits per heavy atom. The Bertz CT molecular complexity index is 979. The lowest BCUT2D eigenvalue weighted by Crippen LogP contribution is -2.20. The average molecular weight is 403 g/mol. The van der Waals surface area contributed by atoms with Crippen LogP contribution in [0, 0.1) is 0 Å². The lowest BCUT2D eigenvalue weighted by atomic mass is 10.0. The predicted molar refractivity (Wildman–Crippen MR) is 105 cm³/mol. The van der Waals surface area contributed by atoms with Crippen molar-refractivity contribution in [2.45, 2.75) is 6.10 Å². The van der Waals surface area contributed by atoms with Gasteiger partial charge in [-0.05, 0) is 30.3 Å². The van der Waals surface area contributed by atoms with Gasteiger partial charge in [-0.1, -0.05) is 41.4 Å². The first-order chi connectivity index (χ1) is 13.0. The fraction of sp³-hybridized carbons (Fsp3) is 0.100. The number of carbonyl (C=O) groups excluding carboxylic acids is 1. The van der Waals surface area contributed by atoms with Crippen LogP contribution in [0.1, 0.15) is 27.7 Å². The normalized spacial score (nSPS) is 11.7. The van der Waals surface area contributed by atoms with Crippen molar-refractivity contribution < 1.29 is 14.3 Å². The van der Waals surface area contributed by atoms with E-state index in [1.165, 1.54) is 0 Å². The van der Waals surface area contributed by atoms with Crippen LogP contribution >= 0.6 is 23.2 Å². The van der Waals surface area contributed by atoms with Crippen molar-refractivity contribution in [2.75, 3.05) is 7.11 Å². The minimum Gasteiger partial charge on any atom is -0.496 e. The van der Waals surface area contributed by atoms with E-state index < -0.39 is 12.0 Å². The molecule has 0 aliphatic heterocycles.